The van der Waals surface area contributed by atoms with Gasteiger partial charge >= 0.3 is 0 Å². The first kappa shape index (κ1) is 9.33. The van der Waals surface area contributed by atoms with Crippen molar-refractivity contribution in [3.63, 3.8) is 0 Å². The molecule has 0 fully saturated rings. The number of hydrogen-bond acceptors (Lipinski definition) is 2. The number of nitrogens with zero attached hydrogens (tertiary/aromatic N) is 2. The molecule has 0 aromatic heterocycles. The second-order valence-electron chi connectivity index (χ2n) is 1.91. The van der Waals surface area contributed by atoms with Crippen LogP contribution in [0.5, 0.6) is 0 Å². The Hall–Kier alpha value is -0.670. The molecule has 4 nitrogen and oxygen atoms in total. The van der Waals surface area contributed by atoms with Gasteiger partial charge in [0.15, 0.2) is 16.0 Å². The minimum absolute atomic E-state index is 0.517. The maximum Gasteiger partial charge on any atom is 0.275 e. The Morgan fingerprint density at radius 3 is 2.60 bits per heavy atom. The molecular weight excluding hydrogens is 152 g/mol. The van der Waals surface area contributed by atoms with Crippen LogP contribution in [0.2, 0.25) is 0 Å². The Morgan fingerprint density at radius 1 is 1.70 bits per heavy atom. The molecule has 0 saturated heterocycles. The third-order valence-electron chi connectivity index (χ3n) is 1.09. The van der Waals surface area contributed by atoms with Crippen molar-refractivity contribution in [3.05, 3.63) is 5.53 Å². The highest BCUT2D eigenvalue weighted by Gasteiger charge is 2.10. The lowest BCUT2D eigenvalue weighted by atomic mass is 10.3. The summed E-state index contributed by atoms with van der Waals surface area (Å²) < 4.78 is 20.6. The monoisotopic (exact) mass is 162 g/mol. The standard InChI is InChI=1S/C5H10N2O2S/c1-2-3-5(4-7-6)10(8)9/h4-5,10H,2-3H2,1H3. The zero-order valence-electron chi connectivity index (χ0n) is 5.73. The smallest absolute Gasteiger partial charge is 0.275 e. The predicted molar refractivity (Wildman–Crippen MR) is 38.7 cm³/mol. The van der Waals surface area contributed by atoms with Gasteiger partial charge in [-0.15, -0.1) is 0 Å². The van der Waals surface area contributed by atoms with Crippen LogP contribution < -0.4 is 0 Å². The summed E-state index contributed by atoms with van der Waals surface area (Å²) in [6, 6.07) is 0. The fourth-order valence-corrected chi connectivity index (χ4v) is 1.24. The molecule has 0 aliphatic heterocycles. The summed E-state index contributed by atoms with van der Waals surface area (Å²) in [6.07, 6.45) is 2.32. The highest BCUT2D eigenvalue weighted by molar-refractivity contribution is 7.73. The molecule has 0 aliphatic carbocycles. The summed E-state index contributed by atoms with van der Waals surface area (Å²) in [7, 11) is -2.48. The van der Waals surface area contributed by atoms with E-state index in [1.165, 1.54) is 0 Å². The first-order chi connectivity index (χ1) is 4.72. The summed E-state index contributed by atoms with van der Waals surface area (Å²) in [5.41, 5.74) is 8.01. The maximum absolute atomic E-state index is 10.3. The van der Waals surface area contributed by atoms with E-state index in [4.69, 9.17) is 5.53 Å². The summed E-state index contributed by atoms with van der Waals surface area (Å²) in [4.78, 5) is 2.67. The second-order valence-corrected chi connectivity index (χ2v) is 3.14. The van der Waals surface area contributed by atoms with Crippen molar-refractivity contribution in [1.29, 1.82) is 0 Å². The molecule has 0 N–H and O–H groups in total. The molecule has 0 spiro atoms. The Balaban J connectivity index is 4.11. The molecule has 58 valence electrons. The first-order valence-corrected chi connectivity index (χ1v) is 4.28. The molecule has 5 heteroatoms. The fraction of sp³-hybridized carbons (Fsp3) is 0.800. The van der Waals surface area contributed by atoms with Crippen molar-refractivity contribution in [2.24, 2.45) is 0 Å². The van der Waals surface area contributed by atoms with Gasteiger partial charge < -0.3 is 5.53 Å². The molecule has 0 aliphatic rings. The van der Waals surface area contributed by atoms with Crippen LogP contribution in [0.25, 0.3) is 5.53 Å². The average molecular weight is 162 g/mol. The number of rotatable bonds is 4. The lowest BCUT2D eigenvalue weighted by Crippen LogP contribution is -2.11. The zero-order valence-corrected chi connectivity index (χ0v) is 6.62. The maximum atomic E-state index is 10.3. The summed E-state index contributed by atoms with van der Waals surface area (Å²) in [6.45, 7) is 1.87. The molecule has 0 bridgehead atoms. The quantitative estimate of drug-likeness (QED) is 0.275. The van der Waals surface area contributed by atoms with E-state index in [0.717, 1.165) is 12.6 Å². The average Bonchev–Trinajstić information content (AvgIpc) is 1.87. The lowest BCUT2D eigenvalue weighted by molar-refractivity contribution is 0.00112. The van der Waals surface area contributed by atoms with Gasteiger partial charge in [-0.3, -0.25) is 0 Å². The van der Waals surface area contributed by atoms with E-state index in [0.29, 0.717) is 6.42 Å². The van der Waals surface area contributed by atoms with Crippen molar-refractivity contribution in [3.8, 4) is 0 Å². The van der Waals surface area contributed by atoms with Gasteiger partial charge in [-0.2, -0.15) is 4.79 Å². The van der Waals surface area contributed by atoms with Crippen molar-refractivity contribution in [1.82, 2.24) is 0 Å². The Labute approximate surface area is 61.4 Å². The minimum atomic E-state index is -2.48. The molecule has 0 aromatic rings. The highest BCUT2D eigenvalue weighted by Crippen LogP contribution is 1.96. The van der Waals surface area contributed by atoms with E-state index < -0.39 is 16.0 Å². The topological polar surface area (TPSA) is 70.5 Å². The van der Waals surface area contributed by atoms with E-state index >= 15 is 0 Å². The normalized spacial score (nSPS) is 12.6. The van der Waals surface area contributed by atoms with E-state index in [9.17, 15) is 8.42 Å². The van der Waals surface area contributed by atoms with Gasteiger partial charge in [-0.1, -0.05) is 13.3 Å². The van der Waals surface area contributed by atoms with E-state index in [-0.39, 0.29) is 0 Å². The number of thiol groups is 1. The van der Waals surface area contributed by atoms with Crippen LogP contribution in [0.1, 0.15) is 19.8 Å². The van der Waals surface area contributed by atoms with Crippen LogP contribution in [-0.4, -0.2) is 24.7 Å². The fourth-order valence-electron chi connectivity index (χ4n) is 0.607. The van der Waals surface area contributed by atoms with Crippen molar-refractivity contribution >= 4 is 16.9 Å². The molecular formula is C5H10N2O2S. The summed E-state index contributed by atoms with van der Waals surface area (Å²) >= 11 is 0. The SMILES string of the molecule is CCCC(C=[N+]=[N-])[SH](=O)=O. The van der Waals surface area contributed by atoms with E-state index in [2.05, 4.69) is 4.79 Å². The Morgan fingerprint density at radius 2 is 2.30 bits per heavy atom. The van der Waals surface area contributed by atoms with Crippen LogP contribution >= 0.6 is 0 Å². The van der Waals surface area contributed by atoms with Crippen LogP contribution in [-0.2, 0) is 10.7 Å². The van der Waals surface area contributed by atoms with Crippen molar-refractivity contribution in [2.75, 3.05) is 0 Å². The Bertz CT molecular complexity index is 198. The van der Waals surface area contributed by atoms with Gasteiger partial charge in [0.25, 0.3) is 6.21 Å². The van der Waals surface area contributed by atoms with Gasteiger partial charge in [0.2, 0.25) is 0 Å². The first-order valence-electron chi connectivity index (χ1n) is 3.03. The van der Waals surface area contributed by atoms with Crippen molar-refractivity contribution < 1.29 is 13.2 Å². The van der Waals surface area contributed by atoms with Crippen LogP contribution in [0.15, 0.2) is 0 Å². The minimum Gasteiger partial charge on any atom is -0.362 e. The zero-order chi connectivity index (χ0) is 7.98. The lowest BCUT2D eigenvalue weighted by Gasteiger charge is -1.93. The molecule has 0 amide bonds. The molecule has 1 atom stereocenters. The van der Waals surface area contributed by atoms with Crippen LogP contribution in [0.4, 0.5) is 0 Å². The van der Waals surface area contributed by atoms with Gasteiger partial charge in [-0.05, 0) is 6.42 Å². The third-order valence-corrected chi connectivity index (χ3v) is 2.03. The molecule has 0 aromatic carbocycles. The Kier molecular flexibility index (Phi) is 4.80. The summed E-state index contributed by atoms with van der Waals surface area (Å²) in [5.74, 6) is 0. The van der Waals surface area contributed by atoms with Crippen molar-refractivity contribution in [2.45, 2.75) is 25.0 Å². The third kappa shape index (κ3) is 3.37. The van der Waals surface area contributed by atoms with Gasteiger partial charge in [-0.25, -0.2) is 8.42 Å². The van der Waals surface area contributed by atoms with Gasteiger partial charge in [0, 0.05) is 0 Å². The summed E-state index contributed by atoms with van der Waals surface area (Å²) in [5, 5.41) is -0.606. The van der Waals surface area contributed by atoms with Gasteiger partial charge in [0.05, 0.1) is 0 Å². The highest BCUT2D eigenvalue weighted by atomic mass is 32.2. The molecule has 0 heterocycles. The van der Waals surface area contributed by atoms with Crippen LogP contribution in [0, 0.1) is 0 Å². The largest absolute Gasteiger partial charge is 0.362 e. The van der Waals surface area contributed by atoms with E-state index in [1.807, 2.05) is 6.92 Å². The molecule has 10 heavy (non-hydrogen) atoms. The molecule has 0 radical (unpaired) electrons. The second kappa shape index (κ2) is 5.14. The van der Waals surface area contributed by atoms with E-state index in [1.54, 1.807) is 0 Å². The van der Waals surface area contributed by atoms with Crippen LogP contribution in [0.3, 0.4) is 0 Å². The van der Waals surface area contributed by atoms with Gasteiger partial charge in [0.1, 0.15) is 0 Å². The molecule has 0 saturated carbocycles. The predicted octanol–water partition coefficient (Wildman–Crippen LogP) is 0.0671. The number of hydrogen-bond donors (Lipinski definition) is 1. The molecule has 0 rings (SSSR count). The molecule has 1 unspecified atom stereocenters.